The van der Waals surface area contributed by atoms with E-state index in [0.717, 1.165) is 59.4 Å². The predicted molar refractivity (Wildman–Crippen MR) is 185 cm³/mol. The molecular formula is C38H38N4O5. The zero-order chi connectivity index (χ0) is 32.9. The van der Waals surface area contributed by atoms with Crippen molar-refractivity contribution in [1.29, 1.82) is 0 Å². The Hall–Kier alpha value is -5.41. The van der Waals surface area contributed by atoms with E-state index in [1.54, 1.807) is 38.7 Å². The first-order valence-electron chi connectivity index (χ1n) is 15.6. The summed E-state index contributed by atoms with van der Waals surface area (Å²) in [4.78, 5) is 31.8. The van der Waals surface area contributed by atoms with Crippen LogP contribution >= 0.6 is 0 Å². The molecule has 0 aliphatic carbocycles. The van der Waals surface area contributed by atoms with E-state index in [1.165, 1.54) is 0 Å². The van der Waals surface area contributed by atoms with Crippen LogP contribution in [0.1, 0.15) is 28.8 Å². The lowest BCUT2D eigenvalue weighted by Gasteiger charge is -2.23. The summed E-state index contributed by atoms with van der Waals surface area (Å²) in [5, 5.41) is 2.93. The van der Waals surface area contributed by atoms with Crippen molar-refractivity contribution in [2.75, 3.05) is 38.5 Å². The highest BCUT2D eigenvalue weighted by molar-refractivity contribution is 6.04. The minimum atomic E-state index is -0.464. The Morgan fingerprint density at radius 1 is 0.872 bits per heavy atom. The SMILES string of the molecule is COc1ccc(-c2cnc(N)c(-c3ccc(NC(=O)c4cn(CC5CCOCC5)cc(-c5ccc(C)cc5)c4=O)cc3)c2)cc1OC. The Labute approximate surface area is 274 Å². The third-order valence-corrected chi connectivity index (χ3v) is 8.59. The van der Waals surface area contributed by atoms with Crippen LogP contribution in [0.2, 0.25) is 0 Å². The number of nitrogens with one attached hydrogen (secondary N) is 1. The molecule has 0 atom stereocenters. The molecule has 0 saturated carbocycles. The van der Waals surface area contributed by atoms with Crippen molar-refractivity contribution in [3.8, 4) is 44.9 Å². The molecule has 2 aromatic heterocycles. The molecule has 1 aliphatic heterocycles. The molecular weight excluding hydrogens is 592 g/mol. The Morgan fingerprint density at radius 2 is 1.53 bits per heavy atom. The molecule has 3 heterocycles. The van der Waals surface area contributed by atoms with Gasteiger partial charge in [0, 0.05) is 60.7 Å². The average Bonchev–Trinajstić information content (AvgIpc) is 3.10. The number of aromatic nitrogens is 2. The Kier molecular flexibility index (Phi) is 9.35. The number of nitrogen functional groups attached to an aromatic ring is 1. The number of carbonyl (C=O) groups excluding carboxylic acids is 1. The van der Waals surface area contributed by atoms with E-state index in [4.69, 9.17) is 19.9 Å². The number of hydrogen-bond donors (Lipinski definition) is 2. The van der Waals surface area contributed by atoms with Crippen molar-refractivity contribution >= 4 is 17.4 Å². The van der Waals surface area contributed by atoms with Crippen molar-refractivity contribution in [2.24, 2.45) is 5.92 Å². The second-order valence-corrected chi connectivity index (χ2v) is 11.8. The average molecular weight is 631 g/mol. The lowest BCUT2D eigenvalue weighted by molar-refractivity contribution is 0.0612. The number of methoxy groups -OCH3 is 2. The van der Waals surface area contributed by atoms with E-state index in [9.17, 15) is 9.59 Å². The molecule has 47 heavy (non-hydrogen) atoms. The van der Waals surface area contributed by atoms with Gasteiger partial charge in [-0.3, -0.25) is 9.59 Å². The van der Waals surface area contributed by atoms with E-state index >= 15 is 0 Å². The number of nitrogens with two attached hydrogens (primary N) is 1. The molecule has 1 fully saturated rings. The van der Waals surface area contributed by atoms with E-state index in [-0.39, 0.29) is 11.0 Å². The maximum absolute atomic E-state index is 13.7. The summed E-state index contributed by atoms with van der Waals surface area (Å²) in [6, 6.07) is 22.7. The van der Waals surface area contributed by atoms with Crippen molar-refractivity contribution in [3.63, 3.8) is 0 Å². The van der Waals surface area contributed by atoms with Crippen LogP contribution in [0.3, 0.4) is 0 Å². The minimum absolute atomic E-state index is 0.0928. The molecule has 5 aromatic rings. The molecule has 0 bridgehead atoms. The fourth-order valence-corrected chi connectivity index (χ4v) is 5.88. The summed E-state index contributed by atoms with van der Waals surface area (Å²) in [6.07, 6.45) is 7.14. The van der Waals surface area contributed by atoms with Gasteiger partial charge >= 0.3 is 0 Å². The number of hydrogen-bond acceptors (Lipinski definition) is 7. The van der Waals surface area contributed by atoms with Crippen molar-refractivity contribution in [2.45, 2.75) is 26.3 Å². The third kappa shape index (κ3) is 7.05. The molecule has 1 aliphatic rings. The van der Waals surface area contributed by atoms with Crippen molar-refractivity contribution in [1.82, 2.24) is 9.55 Å². The minimum Gasteiger partial charge on any atom is -0.493 e. The number of ether oxygens (including phenoxy) is 3. The molecule has 0 radical (unpaired) electrons. The fourth-order valence-electron chi connectivity index (χ4n) is 5.88. The highest BCUT2D eigenvalue weighted by Crippen LogP contribution is 2.35. The van der Waals surface area contributed by atoms with E-state index < -0.39 is 5.91 Å². The molecule has 0 unspecified atom stereocenters. The second-order valence-electron chi connectivity index (χ2n) is 11.8. The molecule has 3 aromatic carbocycles. The molecule has 1 saturated heterocycles. The van der Waals surface area contributed by atoms with E-state index in [0.29, 0.717) is 41.0 Å². The van der Waals surface area contributed by atoms with Crippen LogP contribution in [0, 0.1) is 12.8 Å². The van der Waals surface area contributed by atoms with Gasteiger partial charge in [0.2, 0.25) is 5.43 Å². The number of carbonyl (C=O) groups is 1. The maximum atomic E-state index is 13.7. The lowest BCUT2D eigenvalue weighted by atomic mass is 9.99. The van der Waals surface area contributed by atoms with Crippen LogP contribution in [0.4, 0.5) is 11.5 Å². The Morgan fingerprint density at radius 3 is 2.23 bits per heavy atom. The van der Waals surface area contributed by atoms with Crippen LogP contribution in [0.15, 0.2) is 96.2 Å². The maximum Gasteiger partial charge on any atom is 0.261 e. The quantitative estimate of drug-likeness (QED) is 0.183. The summed E-state index contributed by atoms with van der Waals surface area (Å²) >= 11 is 0. The smallest absolute Gasteiger partial charge is 0.261 e. The van der Waals surface area contributed by atoms with Gasteiger partial charge in [-0.1, -0.05) is 48.0 Å². The molecule has 0 spiro atoms. The monoisotopic (exact) mass is 630 g/mol. The first-order valence-corrected chi connectivity index (χ1v) is 15.6. The summed E-state index contributed by atoms with van der Waals surface area (Å²) in [5.74, 6) is 1.58. The topological polar surface area (TPSA) is 118 Å². The Balaban J connectivity index is 1.26. The molecule has 240 valence electrons. The normalized spacial score (nSPS) is 13.3. The van der Waals surface area contributed by atoms with E-state index in [2.05, 4.69) is 10.3 Å². The number of amides is 1. The first-order chi connectivity index (χ1) is 22.8. The molecule has 9 nitrogen and oxygen atoms in total. The van der Waals surface area contributed by atoms with Gasteiger partial charge in [0.25, 0.3) is 5.91 Å². The second kappa shape index (κ2) is 13.9. The Bertz CT molecular complexity index is 1950. The summed E-state index contributed by atoms with van der Waals surface area (Å²) in [5.41, 5.74) is 12.3. The number of anilines is 2. The number of benzene rings is 3. The van der Waals surface area contributed by atoms with Crippen LogP contribution in [0.25, 0.3) is 33.4 Å². The van der Waals surface area contributed by atoms with Gasteiger partial charge in [-0.2, -0.15) is 0 Å². The van der Waals surface area contributed by atoms with Gasteiger partial charge in [0.15, 0.2) is 11.5 Å². The molecule has 3 N–H and O–H groups in total. The summed E-state index contributed by atoms with van der Waals surface area (Å²) < 4.78 is 18.3. The van der Waals surface area contributed by atoms with Crippen LogP contribution in [0.5, 0.6) is 11.5 Å². The number of aryl methyl sites for hydroxylation is 1. The van der Waals surface area contributed by atoms with Gasteiger partial charge in [0.1, 0.15) is 11.4 Å². The zero-order valence-corrected chi connectivity index (χ0v) is 26.8. The van der Waals surface area contributed by atoms with E-state index in [1.807, 2.05) is 78.4 Å². The van der Waals surface area contributed by atoms with Crippen LogP contribution < -0.4 is 26.0 Å². The number of rotatable bonds is 9. The molecule has 6 rings (SSSR count). The van der Waals surface area contributed by atoms with Crippen LogP contribution in [-0.2, 0) is 11.3 Å². The van der Waals surface area contributed by atoms with Gasteiger partial charge in [-0.25, -0.2) is 4.98 Å². The van der Waals surface area contributed by atoms with Gasteiger partial charge in [-0.05, 0) is 72.7 Å². The third-order valence-electron chi connectivity index (χ3n) is 8.59. The van der Waals surface area contributed by atoms with Crippen molar-refractivity contribution in [3.05, 3.63) is 113 Å². The standard InChI is InChI=1S/C38H38N4O5/c1-24-4-6-27(7-5-24)32-22-42(21-25-14-16-47-17-15-25)23-33(36(32)43)38(44)41-30-11-8-26(9-12-30)31-18-29(20-40-37(31)39)28-10-13-34(45-2)35(19-28)46-3/h4-13,18-20,22-23,25H,14-17,21H2,1-3H3,(H2,39,40)(H,41,44). The zero-order valence-electron chi connectivity index (χ0n) is 26.8. The fraction of sp³-hybridized carbons (Fsp3) is 0.237. The van der Waals surface area contributed by atoms with Crippen LogP contribution in [-0.4, -0.2) is 42.9 Å². The number of nitrogens with zero attached hydrogens (tertiary/aromatic N) is 2. The highest BCUT2D eigenvalue weighted by atomic mass is 16.5. The summed E-state index contributed by atoms with van der Waals surface area (Å²) in [6.45, 7) is 4.15. The van der Waals surface area contributed by atoms with Gasteiger partial charge in [-0.15, -0.1) is 0 Å². The first kappa shape index (κ1) is 31.6. The summed E-state index contributed by atoms with van der Waals surface area (Å²) in [7, 11) is 3.19. The van der Waals surface area contributed by atoms with Crippen molar-refractivity contribution < 1.29 is 19.0 Å². The predicted octanol–water partition coefficient (Wildman–Crippen LogP) is 6.83. The lowest BCUT2D eigenvalue weighted by Crippen LogP contribution is -2.26. The van der Waals surface area contributed by atoms with Gasteiger partial charge < -0.3 is 29.8 Å². The largest absolute Gasteiger partial charge is 0.493 e. The molecule has 9 heteroatoms. The van der Waals surface area contributed by atoms with Gasteiger partial charge in [0.05, 0.1) is 14.2 Å². The molecule has 1 amide bonds. The highest BCUT2D eigenvalue weighted by Gasteiger charge is 2.20. The number of pyridine rings is 2.